The van der Waals surface area contributed by atoms with Crippen molar-refractivity contribution in [2.75, 3.05) is 5.32 Å². The zero-order valence-corrected chi connectivity index (χ0v) is 14.5. The van der Waals surface area contributed by atoms with Gasteiger partial charge in [0.2, 0.25) is 0 Å². The minimum atomic E-state index is 0.0935. The summed E-state index contributed by atoms with van der Waals surface area (Å²) in [6.45, 7) is 2.05. The summed E-state index contributed by atoms with van der Waals surface area (Å²) in [6.07, 6.45) is 0. The van der Waals surface area contributed by atoms with Crippen LogP contribution in [0.5, 0.6) is 0 Å². The maximum Gasteiger partial charge on any atom is 0.0996 e. The van der Waals surface area contributed by atoms with E-state index in [0.717, 1.165) is 24.2 Å². The molecule has 1 aromatic carbocycles. The Bertz CT molecular complexity index is 570. The third-order valence-electron chi connectivity index (χ3n) is 2.45. The van der Waals surface area contributed by atoms with E-state index in [9.17, 15) is 0 Å². The lowest BCUT2D eigenvalue weighted by Gasteiger charge is -2.16. The maximum atomic E-state index is 6.14. The first-order chi connectivity index (χ1) is 8.47. The molecule has 1 atom stereocenters. The van der Waals surface area contributed by atoms with Gasteiger partial charge in [0.1, 0.15) is 0 Å². The van der Waals surface area contributed by atoms with Crippen LogP contribution in [0.4, 0.5) is 5.69 Å². The Morgan fingerprint density at radius 1 is 1.22 bits per heavy atom. The van der Waals surface area contributed by atoms with Gasteiger partial charge >= 0.3 is 0 Å². The molecular weight excluding hydrogens is 423 g/mol. The Labute approximate surface area is 139 Å². The fourth-order valence-electron chi connectivity index (χ4n) is 1.57. The van der Waals surface area contributed by atoms with Crippen LogP contribution in [0.2, 0.25) is 13.7 Å². The van der Waals surface area contributed by atoms with Gasteiger partial charge in [-0.05, 0) is 53.8 Å². The van der Waals surface area contributed by atoms with Crippen LogP contribution in [0.15, 0.2) is 24.3 Å². The van der Waals surface area contributed by atoms with Crippen molar-refractivity contribution >= 4 is 74.4 Å². The number of rotatable bonds is 3. The fraction of sp³-hybridized carbons (Fsp3) is 0.167. The van der Waals surface area contributed by atoms with Crippen LogP contribution in [0.1, 0.15) is 18.5 Å². The summed E-state index contributed by atoms with van der Waals surface area (Å²) < 4.78 is 2.50. The van der Waals surface area contributed by atoms with E-state index in [2.05, 4.69) is 34.8 Å². The molecule has 0 saturated heterocycles. The zero-order valence-electron chi connectivity index (χ0n) is 9.31. The number of hydrogen-bond acceptors (Lipinski definition) is 2. The van der Waals surface area contributed by atoms with E-state index in [1.54, 1.807) is 0 Å². The van der Waals surface area contributed by atoms with Gasteiger partial charge in [-0.15, -0.1) is 11.3 Å². The fourth-order valence-corrected chi connectivity index (χ4v) is 4.24. The molecule has 1 unspecified atom stereocenters. The molecular formula is C12H9Cl3INS. The Hall–Kier alpha value is 0.320. The highest BCUT2D eigenvalue weighted by molar-refractivity contribution is 14.1. The highest BCUT2D eigenvalue weighted by Crippen LogP contribution is 2.36. The largest absolute Gasteiger partial charge is 0.378 e. The van der Waals surface area contributed by atoms with Crippen LogP contribution in [0.3, 0.4) is 0 Å². The maximum absolute atomic E-state index is 6.14. The summed E-state index contributed by atoms with van der Waals surface area (Å²) in [7, 11) is 0. The monoisotopic (exact) mass is 431 g/mol. The van der Waals surface area contributed by atoms with E-state index in [4.69, 9.17) is 34.8 Å². The third kappa shape index (κ3) is 3.45. The Morgan fingerprint density at radius 3 is 2.50 bits per heavy atom. The molecule has 0 aliphatic heterocycles. The van der Waals surface area contributed by atoms with Crippen LogP contribution in [0, 0.1) is 3.57 Å². The molecule has 6 heteroatoms. The van der Waals surface area contributed by atoms with Crippen LogP contribution in [-0.2, 0) is 0 Å². The van der Waals surface area contributed by atoms with Gasteiger partial charge in [0.05, 0.1) is 14.7 Å². The van der Waals surface area contributed by atoms with E-state index in [1.165, 1.54) is 11.3 Å². The predicted octanol–water partition coefficient (Wildman–Crippen LogP) is 6.49. The molecule has 96 valence electrons. The van der Waals surface area contributed by atoms with Crippen LogP contribution < -0.4 is 5.32 Å². The summed E-state index contributed by atoms with van der Waals surface area (Å²) in [4.78, 5) is 0. The van der Waals surface area contributed by atoms with Gasteiger partial charge in [-0.3, -0.25) is 0 Å². The number of thiophene rings is 1. The smallest absolute Gasteiger partial charge is 0.0996 e. The van der Waals surface area contributed by atoms with Crippen LogP contribution in [-0.4, -0.2) is 0 Å². The van der Waals surface area contributed by atoms with E-state index in [0.29, 0.717) is 4.34 Å². The first-order valence-corrected chi connectivity index (χ1v) is 8.16. The van der Waals surface area contributed by atoms with Crippen molar-refractivity contribution in [3.8, 4) is 0 Å². The van der Waals surface area contributed by atoms with Crippen LogP contribution >= 0.6 is 68.7 Å². The minimum Gasteiger partial charge on any atom is -0.378 e. The Balaban J connectivity index is 2.21. The molecule has 0 aliphatic carbocycles. The standard InChI is InChI=1S/C12H9Cl3INS/c1-6(8-5-11(14)18-12(8)15)17-10-3-2-7(13)4-9(10)16/h2-6,17H,1H3. The van der Waals surface area contributed by atoms with Crippen molar-refractivity contribution in [3.05, 3.63) is 47.1 Å². The van der Waals surface area contributed by atoms with Crippen molar-refractivity contribution in [2.24, 2.45) is 0 Å². The number of benzene rings is 1. The van der Waals surface area contributed by atoms with E-state index in [-0.39, 0.29) is 6.04 Å². The van der Waals surface area contributed by atoms with Gasteiger partial charge < -0.3 is 5.32 Å². The number of anilines is 1. The number of nitrogens with one attached hydrogen (secondary N) is 1. The lowest BCUT2D eigenvalue weighted by Crippen LogP contribution is -2.07. The number of hydrogen-bond donors (Lipinski definition) is 1. The van der Waals surface area contributed by atoms with Crippen molar-refractivity contribution in [1.29, 1.82) is 0 Å². The summed E-state index contributed by atoms with van der Waals surface area (Å²) in [5.74, 6) is 0. The minimum absolute atomic E-state index is 0.0935. The highest BCUT2D eigenvalue weighted by atomic mass is 127. The second kappa shape index (κ2) is 6.18. The van der Waals surface area contributed by atoms with Gasteiger partial charge in [-0.1, -0.05) is 34.8 Å². The third-order valence-corrected chi connectivity index (χ3v) is 5.10. The first-order valence-electron chi connectivity index (χ1n) is 5.13. The molecule has 0 bridgehead atoms. The van der Waals surface area contributed by atoms with E-state index < -0.39 is 0 Å². The SMILES string of the molecule is CC(Nc1ccc(Cl)cc1I)c1cc(Cl)sc1Cl. The molecule has 2 aromatic rings. The Morgan fingerprint density at radius 2 is 1.94 bits per heavy atom. The average Bonchev–Trinajstić information content (AvgIpc) is 2.62. The molecule has 1 nitrogen and oxygen atoms in total. The topological polar surface area (TPSA) is 12.0 Å². The lowest BCUT2D eigenvalue weighted by molar-refractivity contribution is 0.889. The summed E-state index contributed by atoms with van der Waals surface area (Å²) in [5, 5.41) is 4.14. The molecule has 0 fully saturated rings. The van der Waals surface area contributed by atoms with Gasteiger partial charge in [0.15, 0.2) is 0 Å². The second-order valence-electron chi connectivity index (χ2n) is 3.77. The van der Waals surface area contributed by atoms with E-state index >= 15 is 0 Å². The molecule has 0 spiro atoms. The molecule has 0 saturated carbocycles. The molecule has 0 aliphatic rings. The summed E-state index contributed by atoms with van der Waals surface area (Å²) in [5.41, 5.74) is 2.04. The predicted molar refractivity (Wildman–Crippen MR) is 90.5 cm³/mol. The quantitative estimate of drug-likeness (QED) is 0.547. The van der Waals surface area contributed by atoms with Crippen molar-refractivity contribution < 1.29 is 0 Å². The molecule has 2 rings (SSSR count). The van der Waals surface area contributed by atoms with Crippen molar-refractivity contribution in [2.45, 2.75) is 13.0 Å². The molecule has 18 heavy (non-hydrogen) atoms. The molecule has 1 N–H and O–H groups in total. The van der Waals surface area contributed by atoms with Crippen molar-refractivity contribution in [3.63, 3.8) is 0 Å². The highest BCUT2D eigenvalue weighted by Gasteiger charge is 2.14. The van der Waals surface area contributed by atoms with E-state index in [1.807, 2.05) is 24.3 Å². The average molecular weight is 433 g/mol. The normalized spacial score (nSPS) is 12.5. The van der Waals surface area contributed by atoms with Crippen LogP contribution in [0.25, 0.3) is 0 Å². The molecule has 1 aromatic heterocycles. The van der Waals surface area contributed by atoms with Crippen molar-refractivity contribution in [1.82, 2.24) is 0 Å². The second-order valence-corrected chi connectivity index (χ2v) is 7.65. The summed E-state index contributed by atoms with van der Waals surface area (Å²) in [6, 6.07) is 7.73. The molecule has 1 heterocycles. The lowest BCUT2D eigenvalue weighted by atomic mass is 10.1. The van der Waals surface area contributed by atoms with Gasteiger partial charge in [-0.2, -0.15) is 0 Å². The Kier molecular flexibility index (Phi) is 5.06. The van der Waals surface area contributed by atoms with Gasteiger partial charge in [0.25, 0.3) is 0 Å². The number of halogens is 4. The molecule has 0 amide bonds. The molecule has 0 radical (unpaired) electrons. The van der Waals surface area contributed by atoms with Gasteiger partial charge in [-0.25, -0.2) is 0 Å². The zero-order chi connectivity index (χ0) is 13.3. The van der Waals surface area contributed by atoms with Gasteiger partial charge in [0, 0.05) is 19.8 Å². The summed E-state index contributed by atoms with van der Waals surface area (Å²) >= 11 is 21.7. The first kappa shape index (κ1) is 14.7.